The molecule has 1 saturated heterocycles. The monoisotopic (exact) mass is 518 g/mol. The molecular weight excluding hydrogens is 496 g/mol. The number of ketones is 1. The Morgan fingerprint density at radius 2 is 1.83 bits per heavy atom. The van der Waals surface area contributed by atoms with E-state index in [1.807, 2.05) is 57.2 Å². The van der Waals surface area contributed by atoms with Gasteiger partial charge >= 0.3 is 5.91 Å². The number of fused-ring (bicyclic) bond motifs is 1. The summed E-state index contributed by atoms with van der Waals surface area (Å²) in [6, 6.07) is 17.2. The fourth-order valence-corrected chi connectivity index (χ4v) is 5.53. The van der Waals surface area contributed by atoms with E-state index in [1.54, 1.807) is 24.3 Å². The normalized spacial score (nSPS) is 17.2. The van der Waals surface area contributed by atoms with Crippen LogP contribution in [0.5, 0.6) is 5.75 Å². The van der Waals surface area contributed by atoms with Crippen LogP contribution >= 0.6 is 22.9 Å². The fourth-order valence-electron chi connectivity index (χ4n) is 4.38. The zero-order chi connectivity index (χ0) is 25.6. The molecule has 8 heteroatoms. The zero-order valence-corrected chi connectivity index (χ0v) is 21.5. The molecule has 0 spiro atoms. The predicted molar refractivity (Wildman–Crippen MR) is 143 cm³/mol. The molecule has 1 fully saturated rings. The van der Waals surface area contributed by atoms with Crippen molar-refractivity contribution in [3.8, 4) is 5.75 Å². The highest BCUT2D eigenvalue weighted by molar-refractivity contribution is 7.22. The molecule has 5 rings (SSSR count). The predicted octanol–water partition coefficient (Wildman–Crippen LogP) is 6.59. The highest BCUT2D eigenvalue weighted by Crippen LogP contribution is 2.45. The van der Waals surface area contributed by atoms with Crippen molar-refractivity contribution < 1.29 is 19.4 Å². The highest BCUT2D eigenvalue weighted by atomic mass is 35.5. The summed E-state index contributed by atoms with van der Waals surface area (Å²) in [5.74, 6) is -1.02. The van der Waals surface area contributed by atoms with Gasteiger partial charge in [0.05, 0.1) is 28.4 Å². The van der Waals surface area contributed by atoms with Gasteiger partial charge in [-0.3, -0.25) is 14.5 Å². The van der Waals surface area contributed by atoms with Crippen molar-refractivity contribution >= 4 is 55.7 Å². The number of anilines is 1. The molecule has 6 nitrogen and oxygen atoms in total. The first-order valence-corrected chi connectivity index (χ1v) is 12.7. The number of ether oxygens (including phenoxy) is 1. The maximum atomic E-state index is 13.4. The smallest absolute Gasteiger partial charge is 0.301 e. The summed E-state index contributed by atoms with van der Waals surface area (Å²) >= 11 is 7.41. The number of aliphatic hydroxyl groups is 1. The van der Waals surface area contributed by atoms with E-state index in [-0.39, 0.29) is 11.3 Å². The van der Waals surface area contributed by atoms with E-state index in [0.717, 1.165) is 15.8 Å². The van der Waals surface area contributed by atoms with Crippen molar-refractivity contribution in [3.05, 3.63) is 93.5 Å². The van der Waals surface area contributed by atoms with Crippen LogP contribution in [0.1, 0.15) is 35.2 Å². The number of carbonyl (C=O) groups excluding carboxylic acids is 2. The van der Waals surface area contributed by atoms with Crippen LogP contribution in [0.4, 0.5) is 5.13 Å². The highest BCUT2D eigenvalue weighted by Gasteiger charge is 2.48. The molecule has 1 amide bonds. The largest absolute Gasteiger partial charge is 0.507 e. The molecule has 182 valence electrons. The number of hydrogen-bond acceptors (Lipinski definition) is 6. The number of halogens is 1. The Hall–Kier alpha value is -3.68. The van der Waals surface area contributed by atoms with Crippen LogP contribution in [-0.2, 0) is 9.59 Å². The van der Waals surface area contributed by atoms with E-state index in [1.165, 1.54) is 16.2 Å². The molecule has 0 bridgehead atoms. The summed E-state index contributed by atoms with van der Waals surface area (Å²) in [5, 5.41) is 12.3. The van der Waals surface area contributed by atoms with E-state index in [2.05, 4.69) is 4.98 Å². The van der Waals surface area contributed by atoms with Gasteiger partial charge in [-0.1, -0.05) is 52.8 Å². The zero-order valence-electron chi connectivity index (χ0n) is 19.9. The molecule has 1 aliphatic heterocycles. The topological polar surface area (TPSA) is 79.7 Å². The quantitative estimate of drug-likeness (QED) is 0.183. The van der Waals surface area contributed by atoms with Crippen molar-refractivity contribution in [2.45, 2.75) is 26.8 Å². The van der Waals surface area contributed by atoms with Crippen molar-refractivity contribution in [2.75, 3.05) is 11.5 Å². The summed E-state index contributed by atoms with van der Waals surface area (Å²) < 4.78 is 6.42. The lowest BCUT2D eigenvalue weighted by atomic mass is 9.93. The minimum Gasteiger partial charge on any atom is -0.507 e. The second-order valence-corrected chi connectivity index (χ2v) is 10.0. The van der Waals surface area contributed by atoms with Crippen LogP contribution in [0.15, 0.2) is 66.2 Å². The van der Waals surface area contributed by atoms with E-state index in [9.17, 15) is 14.7 Å². The van der Waals surface area contributed by atoms with Gasteiger partial charge in [0.15, 0.2) is 5.13 Å². The number of Topliss-reactive ketones (excluding diaryl/α,β-unsaturated/α-hetero) is 1. The summed E-state index contributed by atoms with van der Waals surface area (Å²) in [5.41, 5.74) is 3.57. The van der Waals surface area contributed by atoms with Gasteiger partial charge in [0, 0.05) is 10.6 Å². The Morgan fingerprint density at radius 3 is 2.56 bits per heavy atom. The standard InChI is InChI=1S/C28H23ClN2O4S/c1-4-35-19-11-12-21-22(14-19)36-28(30-21)31-24(17-7-9-18(29)10-8-17)23(26(33)27(31)34)25(32)20-13-15(2)5-6-16(20)3/h5-14,24,32H,4H2,1-3H3. The summed E-state index contributed by atoms with van der Waals surface area (Å²) in [6.07, 6.45) is 0. The first kappa shape index (κ1) is 24.0. The molecule has 1 aliphatic rings. The van der Waals surface area contributed by atoms with Crippen molar-refractivity contribution in [1.82, 2.24) is 4.98 Å². The van der Waals surface area contributed by atoms with E-state index in [4.69, 9.17) is 16.3 Å². The average Bonchev–Trinajstić information content (AvgIpc) is 3.39. The number of hydrogen-bond donors (Lipinski definition) is 1. The number of thiazole rings is 1. The third kappa shape index (κ3) is 4.14. The number of nitrogens with zero attached hydrogens (tertiary/aromatic N) is 2. The summed E-state index contributed by atoms with van der Waals surface area (Å²) in [6.45, 7) is 6.19. The Balaban J connectivity index is 1.72. The summed E-state index contributed by atoms with van der Waals surface area (Å²) in [4.78, 5) is 32.9. The van der Waals surface area contributed by atoms with Crippen molar-refractivity contribution in [2.24, 2.45) is 0 Å². The third-order valence-corrected chi connectivity index (χ3v) is 7.41. The van der Waals surface area contributed by atoms with Crippen molar-refractivity contribution in [3.63, 3.8) is 0 Å². The fraction of sp³-hybridized carbons (Fsp3) is 0.179. The SMILES string of the molecule is CCOc1ccc2nc(N3C(=O)C(=O)C(=C(O)c4cc(C)ccc4C)C3c3ccc(Cl)cc3)sc2c1. The molecule has 36 heavy (non-hydrogen) atoms. The minimum atomic E-state index is -0.867. The Bertz CT molecular complexity index is 1540. The van der Waals surface area contributed by atoms with Gasteiger partial charge in [0.2, 0.25) is 0 Å². The number of benzene rings is 3. The van der Waals surface area contributed by atoms with Gasteiger partial charge in [0.25, 0.3) is 5.78 Å². The lowest BCUT2D eigenvalue weighted by Gasteiger charge is -2.23. The molecule has 1 unspecified atom stereocenters. The van der Waals surface area contributed by atoms with Crippen LogP contribution < -0.4 is 9.64 Å². The lowest BCUT2D eigenvalue weighted by molar-refractivity contribution is -0.132. The van der Waals surface area contributed by atoms with Gasteiger partial charge in [0.1, 0.15) is 11.5 Å². The molecule has 2 heterocycles. The van der Waals surface area contributed by atoms with Gasteiger partial charge in [-0.2, -0.15) is 0 Å². The molecule has 4 aromatic rings. The number of carbonyl (C=O) groups is 2. The van der Waals surface area contributed by atoms with Crippen LogP contribution in [0.2, 0.25) is 5.02 Å². The maximum Gasteiger partial charge on any atom is 0.301 e. The van der Waals surface area contributed by atoms with E-state index in [0.29, 0.717) is 39.2 Å². The first-order valence-electron chi connectivity index (χ1n) is 11.5. The average molecular weight is 519 g/mol. The molecule has 0 radical (unpaired) electrons. The second kappa shape index (κ2) is 9.41. The Kier molecular flexibility index (Phi) is 6.28. The van der Waals surface area contributed by atoms with E-state index >= 15 is 0 Å². The molecule has 0 aliphatic carbocycles. The second-order valence-electron chi connectivity index (χ2n) is 8.60. The van der Waals surface area contributed by atoms with Crippen LogP contribution in [0, 0.1) is 13.8 Å². The molecule has 1 atom stereocenters. The molecule has 1 aromatic heterocycles. The van der Waals surface area contributed by atoms with Crippen LogP contribution in [0.25, 0.3) is 16.0 Å². The third-order valence-electron chi connectivity index (χ3n) is 6.14. The maximum absolute atomic E-state index is 13.4. The number of aryl methyl sites for hydroxylation is 2. The van der Waals surface area contributed by atoms with Gasteiger partial charge < -0.3 is 9.84 Å². The summed E-state index contributed by atoms with van der Waals surface area (Å²) in [7, 11) is 0. The van der Waals surface area contributed by atoms with Crippen LogP contribution in [0.3, 0.4) is 0 Å². The number of aromatic nitrogens is 1. The first-order chi connectivity index (χ1) is 17.3. The van der Waals surface area contributed by atoms with Gasteiger partial charge in [-0.25, -0.2) is 4.98 Å². The van der Waals surface area contributed by atoms with E-state index < -0.39 is 17.7 Å². The molecule has 1 N–H and O–H groups in total. The van der Waals surface area contributed by atoms with Crippen LogP contribution in [-0.4, -0.2) is 28.4 Å². The van der Waals surface area contributed by atoms with Gasteiger partial charge in [-0.05, 0) is 68.3 Å². The Morgan fingerprint density at radius 1 is 1.08 bits per heavy atom. The van der Waals surface area contributed by atoms with Gasteiger partial charge in [-0.15, -0.1) is 0 Å². The number of amides is 1. The molecule has 0 saturated carbocycles. The number of aliphatic hydroxyl groups excluding tert-OH is 1. The number of rotatable bonds is 5. The Labute approximate surface area is 217 Å². The molecular formula is C28H23ClN2O4S. The lowest BCUT2D eigenvalue weighted by Crippen LogP contribution is -2.29. The molecule has 3 aromatic carbocycles. The van der Waals surface area contributed by atoms with Crippen molar-refractivity contribution in [1.29, 1.82) is 0 Å². The minimum absolute atomic E-state index is 0.0188.